The Morgan fingerprint density at radius 2 is 1.80 bits per heavy atom. The minimum atomic E-state index is -1.42. The Labute approximate surface area is 239 Å². The minimum absolute atomic E-state index is 0.0395. The van der Waals surface area contributed by atoms with Crippen LogP contribution < -0.4 is 10.1 Å². The Morgan fingerprint density at radius 1 is 1.02 bits per heavy atom. The Bertz CT molecular complexity index is 1420. The molecule has 9 heteroatoms. The van der Waals surface area contributed by atoms with Crippen molar-refractivity contribution in [2.24, 2.45) is 0 Å². The molecular weight excluding hydrogens is 524 g/mol. The van der Waals surface area contributed by atoms with Gasteiger partial charge in [-0.3, -0.25) is 0 Å². The van der Waals surface area contributed by atoms with Crippen molar-refractivity contribution in [1.82, 2.24) is 10.3 Å². The number of hydrogen-bond acceptors (Lipinski definition) is 8. The number of aromatic nitrogens is 1. The summed E-state index contributed by atoms with van der Waals surface area (Å²) in [6, 6.07) is 18.0. The van der Waals surface area contributed by atoms with Gasteiger partial charge in [-0.2, -0.15) is 0 Å². The first-order valence-electron chi connectivity index (χ1n) is 13.3. The molecule has 0 saturated carbocycles. The van der Waals surface area contributed by atoms with Crippen molar-refractivity contribution in [1.29, 1.82) is 0 Å². The summed E-state index contributed by atoms with van der Waals surface area (Å²) in [6.45, 7) is 8.90. The zero-order valence-corrected chi connectivity index (χ0v) is 23.5. The number of pyridine rings is 1. The van der Waals surface area contributed by atoms with Gasteiger partial charge in [-0.15, -0.1) is 0 Å². The van der Waals surface area contributed by atoms with E-state index in [9.17, 15) is 14.4 Å². The molecule has 0 bridgehead atoms. The van der Waals surface area contributed by atoms with E-state index < -0.39 is 29.2 Å². The van der Waals surface area contributed by atoms with Gasteiger partial charge in [0.15, 0.2) is 0 Å². The van der Waals surface area contributed by atoms with Crippen LogP contribution in [0.25, 0.3) is 0 Å². The van der Waals surface area contributed by atoms with Gasteiger partial charge in [-0.05, 0) is 62.9 Å². The first-order valence-corrected chi connectivity index (χ1v) is 13.3. The largest absolute Gasteiger partial charge is 0.459 e. The molecule has 4 rings (SSSR count). The van der Waals surface area contributed by atoms with E-state index in [4.69, 9.17) is 18.9 Å². The molecule has 214 valence electrons. The average Bonchev–Trinajstić information content (AvgIpc) is 2.94. The monoisotopic (exact) mass is 558 g/mol. The third-order valence-electron chi connectivity index (χ3n) is 6.40. The molecule has 0 saturated heterocycles. The van der Waals surface area contributed by atoms with Gasteiger partial charge in [-0.1, -0.05) is 55.1 Å². The number of carbonyl (C=O) groups excluding carboxylic acids is 3. The van der Waals surface area contributed by atoms with Crippen LogP contribution in [0.5, 0.6) is 11.6 Å². The Kier molecular flexibility index (Phi) is 9.07. The molecule has 1 amide bonds. The summed E-state index contributed by atoms with van der Waals surface area (Å²) in [5.74, 6) is -0.745. The number of esters is 2. The van der Waals surface area contributed by atoms with E-state index >= 15 is 0 Å². The van der Waals surface area contributed by atoms with Gasteiger partial charge in [0.05, 0.1) is 0 Å². The van der Waals surface area contributed by atoms with Crippen molar-refractivity contribution in [2.45, 2.75) is 57.8 Å². The fourth-order valence-electron chi connectivity index (χ4n) is 4.52. The molecule has 0 aliphatic heterocycles. The molecule has 0 radical (unpaired) electrons. The van der Waals surface area contributed by atoms with E-state index in [-0.39, 0.29) is 31.1 Å². The maximum Gasteiger partial charge on any atom is 0.408 e. The normalized spacial score (nSPS) is 16.1. The number of amides is 1. The van der Waals surface area contributed by atoms with E-state index in [2.05, 4.69) is 16.9 Å². The summed E-state index contributed by atoms with van der Waals surface area (Å²) in [5.41, 5.74) is 0.395. The van der Waals surface area contributed by atoms with Crippen molar-refractivity contribution in [3.05, 3.63) is 102 Å². The summed E-state index contributed by atoms with van der Waals surface area (Å²) in [6.07, 6.45) is 3.07. The minimum Gasteiger partial charge on any atom is -0.459 e. The van der Waals surface area contributed by atoms with E-state index in [0.29, 0.717) is 24.2 Å². The predicted molar refractivity (Wildman–Crippen MR) is 152 cm³/mol. The smallest absolute Gasteiger partial charge is 0.408 e. The standard InChI is InChI=1S/C32H34N2O7/c1-5-19-38-28(35)24-14-10-18-33-27(24)40-26-15-9-13-23-16-17-32(20-25(23)26,34-30(37)41-31(2,3)4)29(36)39-21-22-11-7-6-8-12-22/h5-15,18H,1,16-17,19-21H2,2-4H3,(H,34,37)/t32-/m0/s1. The quantitative estimate of drug-likeness (QED) is 0.202. The molecule has 2 aromatic carbocycles. The van der Waals surface area contributed by atoms with Crippen molar-refractivity contribution < 1.29 is 33.3 Å². The zero-order valence-electron chi connectivity index (χ0n) is 23.5. The SMILES string of the molecule is C=CCOC(=O)c1cccnc1Oc1cccc2c1C[C@](NC(=O)OC(C)(C)C)(C(=O)OCc1ccccc1)CC2. The molecule has 1 aliphatic carbocycles. The number of alkyl carbamates (subject to hydrolysis) is 1. The summed E-state index contributed by atoms with van der Waals surface area (Å²) >= 11 is 0. The predicted octanol–water partition coefficient (Wildman–Crippen LogP) is 5.71. The van der Waals surface area contributed by atoms with Crippen LogP contribution in [-0.2, 0) is 38.5 Å². The number of ether oxygens (including phenoxy) is 4. The Morgan fingerprint density at radius 3 is 2.54 bits per heavy atom. The molecule has 1 atom stereocenters. The highest BCUT2D eigenvalue weighted by Gasteiger charge is 2.46. The summed E-state index contributed by atoms with van der Waals surface area (Å²) < 4.78 is 22.6. The number of benzene rings is 2. The number of hydrogen-bond donors (Lipinski definition) is 1. The lowest BCUT2D eigenvalue weighted by Crippen LogP contribution is -2.59. The fourth-order valence-corrected chi connectivity index (χ4v) is 4.52. The third kappa shape index (κ3) is 7.51. The van der Waals surface area contributed by atoms with E-state index in [1.165, 1.54) is 12.3 Å². The highest BCUT2D eigenvalue weighted by molar-refractivity contribution is 5.92. The second kappa shape index (κ2) is 12.7. The van der Waals surface area contributed by atoms with Gasteiger partial charge in [0.25, 0.3) is 0 Å². The second-order valence-corrected chi connectivity index (χ2v) is 10.7. The molecular formula is C32H34N2O7. The van der Waals surface area contributed by atoms with Crippen LogP contribution in [0.15, 0.2) is 79.5 Å². The van der Waals surface area contributed by atoms with Crippen LogP contribution in [0.3, 0.4) is 0 Å². The summed E-state index contributed by atoms with van der Waals surface area (Å²) in [5, 5.41) is 2.82. The molecule has 1 aromatic heterocycles. The number of aryl methyl sites for hydroxylation is 1. The molecule has 41 heavy (non-hydrogen) atoms. The number of carbonyl (C=O) groups is 3. The molecule has 9 nitrogen and oxygen atoms in total. The molecule has 3 aromatic rings. The molecule has 0 unspecified atom stereocenters. The topological polar surface area (TPSA) is 113 Å². The highest BCUT2D eigenvalue weighted by Crippen LogP contribution is 2.38. The second-order valence-electron chi connectivity index (χ2n) is 10.7. The van der Waals surface area contributed by atoms with Crippen LogP contribution in [0.1, 0.15) is 54.2 Å². The van der Waals surface area contributed by atoms with E-state index in [0.717, 1.165) is 11.1 Å². The van der Waals surface area contributed by atoms with Crippen molar-refractivity contribution in [2.75, 3.05) is 6.61 Å². The molecule has 1 heterocycles. The van der Waals surface area contributed by atoms with Gasteiger partial charge in [0.1, 0.15) is 35.7 Å². The number of fused-ring (bicyclic) bond motifs is 1. The highest BCUT2D eigenvalue weighted by atomic mass is 16.6. The number of rotatable bonds is 9. The summed E-state index contributed by atoms with van der Waals surface area (Å²) in [4.78, 5) is 43.5. The first kappa shape index (κ1) is 29.3. The lowest BCUT2D eigenvalue weighted by atomic mass is 9.77. The van der Waals surface area contributed by atoms with Gasteiger partial charge >= 0.3 is 18.0 Å². The number of nitrogens with one attached hydrogen (secondary N) is 1. The van der Waals surface area contributed by atoms with Crippen LogP contribution in [-0.4, -0.2) is 40.8 Å². The van der Waals surface area contributed by atoms with Gasteiger partial charge in [-0.25, -0.2) is 19.4 Å². The molecule has 0 fully saturated rings. The maximum absolute atomic E-state index is 13.7. The lowest BCUT2D eigenvalue weighted by Gasteiger charge is -2.37. The van der Waals surface area contributed by atoms with E-state index in [1.807, 2.05) is 42.5 Å². The van der Waals surface area contributed by atoms with Crippen LogP contribution in [0.4, 0.5) is 4.79 Å². The zero-order chi connectivity index (χ0) is 29.5. The van der Waals surface area contributed by atoms with Crippen molar-refractivity contribution in [3.63, 3.8) is 0 Å². The summed E-state index contributed by atoms with van der Waals surface area (Å²) in [7, 11) is 0. The third-order valence-corrected chi connectivity index (χ3v) is 6.40. The van der Waals surface area contributed by atoms with Crippen LogP contribution in [0.2, 0.25) is 0 Å². The van der Waals surface area contributed by atoms with Crippen LogP contribution in [0, 0.1) is 0 Å². The van der Waals surface area contributed by atoms with Crippen LogP contribution >= 0.6 is 0 Å². The van der Waals surface area contributed by atoms with Gasteiger partial charge in [0.2, 0.25) is 5.88 Å². The molecule has 1 aliphatic rings. The molecule has 0 spiro atoms. The number of nitrogens with zero attached hydrogens (tertiary/aromatic N) is 1. The maximum atomic E-state index is 13.7. The van der Waals surface area contributed by atoms with Gasteiger partial charge < -0.3 is 24.3 Å². The lowest BCUT2D eigenvalue weighted by molar-refractivity contribution is -0.153. The first-order chi connectivity index (χ1) is 19.6. The van der Waals surface area contributed by atoms with Crippen molar-refractivity contribution >= 4 is 18.0 Å². The van der Waals surface area contributed by atoms with Gasteiger partial charge in [0, 0.05) is 18.2 Å². The van der Waals surface area contributed by atoms with E-state index in [1.54, 1.807) is 39.0 Å². The molecule has 1 N–H and O–H groups in total. The fraction of sp³-hybridized carbons (Fsp3) is 0.312. The Balaban J connectivity index is 1.65. The Hall–Kier alpha value is -4.66. The van der Waals surface area contributed by atoms with Crippen molar-refractivity contribution in [3.8, 4) is 11.6 Å². The average molecular weight is 559 g/mol.